The van der Waals surface area contributed by atoms with Gasteiger partial charge in [0.15, 0.2) is 0 Å². The van der Waals surface area contributed by atoms with Crippen molar-refractivity contribution >= 4 is 50.9 Å². The minimum Gasteiger partial charge on any atom is -0.361 e. The smallest absolute Gasteiger partial charge is 0.220 e. The number of nitrogens with one attached hydrogen (secondary N) is 2. The van der Waals surface area contributed by atoms with Gasteiger partial charge in [0, 0.05) is 64.3 Å². The molecule has 0 aliphatic carbocycles. The van der Waals surface area contributed by atoms with E-state index in [2.05, 4.69) is 21.1 Å². The highest BCUT2D eigenvalue weighted by Gasteiger charge is 2.09. The SMILES string of the molecule is Cn1cc(CCCNC(=O)CCc2c[nH]c3ccc(Cl)cc23)c2cc(Cl)ccc21. The summed E-state index contributed by atoms with van der Waals surface area (Å²) < 4.78 is 2.12. The zero-order valence-electron chi connectivity index (χ0n) is 16.3. The molecular formula is C23H23Cl2N3O. The number of carbonyl (C=O) groups is 1. The number of amides is 1. The Labute approximate surface area is 179 Å². The molecule has 2 aromatic carbocycles. The average molecular weight is 428 g/mol. The van der Waals surface area contributed by atoms with E-state index in [9.17, 15) is 4.79 Å². The van der Waals surface area contributed by atoms with Crippen LogP contribution in [0, 0.1) is 0 Å². The van der Waals surface area contributed by atoms with Crippen LogP contribution in [0.25, 0.3) is 21.8 Å². The molecule has 6 heteroatoms. The molecule has 0 aliphatic rings. The zero-order valence-corrected chi connectivity index (χ0v) is 17.8. The second-order valence-corrected chi connectivity index (χ2v) is 8.26. The molecule has 4 rings (SSSR count). The largest absolute Gasteiger partial charge is 0.361 e. The summed E-state index contributed by atoms with van der Waals surface area (Å²) in [5, 5.41) is 6.75. The summed E-state index contributed by atoms with van der Waals surface area (Å²) in [5.74, 6) is 0.0716. The summed E-state index contributed by atoms with van der Waals surface area (Å²) in [5.41, 5.74) is 4.59. The van der Waals surface area contributed by atoms with Gasteiger partial charge in [0.25, 0.3) is 0 Å². The molecule has 2 aromatic heterocycles. The maximum Gasteiger partial charge on any atom is 0.220 e. The van der Waals surface area contributed by atoms with Crippen molar-refractivity contribution in [1.29, 1.82) is 0 Å². The van der Waals surface area contributed by atoms with Crippen LogP contribution in [-0.4, -0.2) is 22.0 Å². The predicted molar refractivity (Wildman–Crippen MR) is 121 cm³/mol. The lowest BCUT2D eigenvalue weighted by Crippen LogP contribution is -2.24. The second kappa shape index (κ2) is 8.52. The molecule has 4 aromatic rings. The fraction of sp³-hybridized carbons (Fsp3) is 0.261. The minimum absolute atomic E-state index is 0.0716. The Hall–Kier alpha value is -2.43. The van der Waals surface area contributed by atoms with Crippen molar-refractivity contribution in [3.8, 4) is 0 Å². The van der Waals surface area contributed by atoms with Gasteiger partial charge in [0.05, 0.1) is 0 Å². The fourth-order valence-corrected chi connectivity index (χ4v) is 4.19. The minimum atomic E-state index is 0.0716. The van der Waals surface area contributed by atoms with Crippen LogP contribution in [0.1, 0.15) is 24.0 Å². The van der Waals surface area contributed by atoms with Crippen molar-refractivity contribution in [3.63, 3.8) is 0 Å². The Kier molecular flexibility index (Phi) is 5.84. The molecule has 1 amide bonds. The van der Waals surface area contributed by atoms with Gasteiger partial charge >= 0.3 is 0 Å². The lowest BCUT2D eigenvalue weighted by molar-refractivity contribution is -0.121. The summed E-state index contributed by atoms with van der Waals surface area (Å²) in [6.07, 6.45) is 7.04. The number of benzene rings is 2. The number of nitrogens with zero attached hydrogens (tertiary/aromatic N) is 1. The van der Waals surface area contributed by atoms with Crippen LogP contribution >= 0.6 is 23.2 Å². The Morgan fingerprint density at radius 2 is 1.79 bits per heavy atom. The molecule has 29 heavy (non-hydrogen) atoms. The summed E-state index contributed by atoms with van der Waals surface area (Å²) in [7, 11) is 2.04. The third-order valence-electron chi connectivity index (χ3n) is 5.33. The van der Waals surface area contributed by atoms with Gasteiger partial charge in [0.2, 0.25) is 5.91 Å². The van der Waals surface area contributed by atoms with Crippen molar-refractivity contribution in [3.05, 3.63) is 70.0 Å². The van der Waals surface area contributed by atoms with Crippen LogP contribution in [0.15, 0.2) is 48.8 Å². The number of aryl methyl sites for hydroxylation is 3. The lowest BCUT2D eigenvalue weighted by Gasteiger charge is -2.05. The Bertz CT molecular complexity index is 1180. The van der Waals surface area contributed by atoms with Crippen molar-refractivity contribution < 1.29 is 4.79 Å². The topological polar surface area (TPSA) is 49.8 Å². The Morgan fingerprint density at radius 3 is 2.62 bits per heavy atom. The standard InChI is InChI=1S/C23H23Cl2N3O/c1-28-14-16(20-12-18(25)6-8-22(20)28)3-2-10-26-23(29)9-4-15-13-27-21-7-5-17(24)11-19(15)21/h5-8,11-14,27H,2-4,9-10H2,1H3,(H,26,29). The number of aromatic amines is 1. The van der Waals surface area contributed by atoms with E-state index in [-0.39, 0.29) is 5.91 Å². The molecular weight excluding hydrogens is 405 g/mol. The number of carbonyl (C=O) groups excluding carboxylic acids is 1. The van der Waals surface area contributed by atoms with E-state index in [0.717, 1.165) is 34.3 Å². The third kappa shape index (κ3) is 4.44. The Balaban J connectivity index is 1.27. The lowest BCUT2D eigenvalue weighted by atomic mass is 10.1. The number of halogens is 2. The number of hydrogen-bond donors (Lipinski definition) is 2. The molecule has 4 nitrogen and oxygen atoms in total. The molecule has 0 saturated carbocycles. The summed E-state index contributed by atoms with van der Waals surface area (Å²) in [6.45, 7) is 0.662. The summed E-state index contributed by atoms with van der Waals surface area (Å²) in [6, 6.07) is 11.7. The van der Waals surface area contributed by atoms with Gasteiger partial charge in [0.1, 0.15) is 0 Å². The number of hydrogen-bond acceptors (Lipinski definition) is 1. The van der Waals surface area contributed by atoms with Crippen LogP contribution in [0.5, 0.6) is 0 Å². The molecule has 0 spiro atoms. The molecule has 2 N–H and O–H groups in total. The molecule has 150 valence electrons. The van der Waals surface area contributed by atoms with Crippen molar-refractivity contribution in [2.75, 3.05) is 6.54 Å². The molecule has 0 atom stereocenters. The van der Waals surface area contributed by atoms with Crippen LogP contribution < -0.4 is 5.32 Å². The highest BCUT2D eigenvalue weighted by atomic mass is 35.5. The summed E-state index contributed by atoms with van der Waals surface area (Å²) >= 11 is 12.2. The van der Waals surface area contributed by atoms with E-state index in [0.29, 0.717) is 24.4 Å². The highest BCUT2D eigenvalue weighted by Crippen LogP contribution is 2.25. The van der Waals surface area contributed by atoms with E-state index < -0.39 is 0 Å². The Morgan fingerprint density at radius 1 is 1.03 bits per heavy atom. The number of rotatable bonds is 7. The van der Waals surface area contributed by atoms with E-state index in [1.54, 1.807) is 0 Å². The van der Waals surface area contributed by atoms with E-state index >= 15 is 0 Å². The van der Waals surface area contributed by atoms with Crippen LogP contribution in [0.4, 0.5) is 0 Å². The molecule has 0 saturated heterocycles. The normalized spacial score (nSPS) is 11.4. The van der Waals surface area contributed by atoms with Gasteiger partial charge in [-0.25, -0.2) is 0 Å². The van der Waals surface area contributed by atoms with Gasteiger partial charge in [-0.3, -0.25) is 4.79 Å². The maximum absolute atomic E-state index is 12.2. The van der Waals surface area contributed by atoms with Gasteiger partial charge in [-0.05, 0) is 66.8 Å². The molecule has 0 unspecified atom stereocenters. The van der Waals surface area contributed by atoms with Gasteiger partial charge in [-0.1, -0.05) is 23.2 Å². The highest BCUT2D eigenvalue weighted by molar-refractivity contribution is 6.31. The van der Waals surface area contributed by atoms with E-state index in [4.69, 9.17) is 23.2 Å². The second-order valence-electron chi connectivity index (χ2n) is 7.38. The van der Waals surface area contributed by atoms with Crippen LogP contribution in [-0.2, 0) is 24.7 Å². The number of aromatic nitrogens is 2. The summed E-state index contributed by atoms with van der Waals surface area (Å²) in [4.78, 5) is 15.5. The molecule has 0 bridgehead atoms. The average Bonchev–Trinajstić information content (AvgIpc) is 3.24. The zero-order chi connectivity index (χ0) is 20.4. The molecule has 0 fully saturated rings. The molecule has 2 heterocycles. The first-order chi connectivity index (χ1) is 14.0. The molecule has 0 aliphatic heterocycles. The van der Waals surface area contributed by atoms with Crippen LogP contribution in [0.2, 0.25) is 10.0 Å². The first kappa shape index (κ1) is 19.9. The van der Waals surface area contributed by atoms with E-state index in [1.165, 1.54) is 16.5 Å². The predicted octanol–water partition coefficient (Wildman–Crippen LogP) is 5.65. The first-order valence-corrected chi connectivity index (χ1v) is 10.5. The maximum atomic E-state index is 12.2. The van der Waals surface area contributed by atoms with Gasteiger partial charge < -0.3 is 14.9 Å². The monoisotopic (exact) mass is 427 g/mol. The van der Waals surface area contributed by atoms with Gasteiger partial charge in [-0.2, -0.15) is 0 Å². The third-order valence-corrected chi connectivity index (χ3v) is 5.80. The van der Waals surface area contributed by atoms with Crippen molar-refractivity contribution in [2.45, 2.75) is 25.7 Å². The van der Waals surface area contributed by atoms with Crippen molar-refractivity contribution in [2.24, 2.45) is 7.05 Å². The fourth-order valence-electron chi connectivity index (χ4n) is 3.85. The van der Waals surface area contributed by atoms with Crippen LogP contribution in [0.3, 0.4) is 0 Å². The number of fused-ring (bicyclic) bond motifs is 2. The first-order valence-electron chi connectivity index (χ1n) is 9.77. The quantitative estimate of drug-likeness (QED) is 0.368. The van der Waals surface area contributed by atoms with Crippen molar-refractivity contribution in [1.82, 2.24) is 14.9 Å². The van der Waals surface area contributed by atoms with Gasteiger partial charge in [-0.15, -0.1) is 0 Å². The number of H-pyrrole nitrogens is 1. The molecule has 0 radical (unpaired) electrons. The van der Waals surface area contributed by atoms with E-state index in [1.807, 2.05) is 49.6 Å².